The van der Waals surface area contributed by atoms with Crippen LogP contribution in [0.3, 0.4) is 0 Å². The molecule has 0 aliphatic heterocycles. The number of rotatable bonds is 5. The van der Waals surface area contributed by atoms with Crippen molar-refractivity contribution in [1.82, 2.24) is 4.90 Å². The van der Waals surface area contributed by atoms with Crippen LogP contribution in [0.15, 0.2) is 18.2 Å². The Morgan fingerprint density at radius 2 is 2.22 bits per heavy atom. The van der Waals surface area contributed by atoms with E-state index in [2.05, 4.69) is 6.92 Å². The normalized spacial score (nSPS) is 14.6. The Bertz CT molecular complexity index is 443. The number of carbonyl (C=O) groups is 1. The lowest BCUT2D eigenvalue weighted by molar-refractivity contribution is 0.0736. The molecule has 1 aliphatic rings. The summed E-state index contributed by atoms with van der Waals surface area (Å²) in [5.74, 6) is -0.731. The predicted molar refractivity (Wildman–Crippen MR) is 69.8 cm³/mol. The Morgan fingerprint density at radius 1 is 1.50 bits per heavy atom. The molecule has 0 unspecified atom stereocenters. The van der Waals surface area contributed by atoms with Gasteiger partial charge in [0.15, 0.2) is 0 Å². The first-order chi connectivity index (χ1) is 8.63. The number of hydrogen-bond acceptors (Lipinski definition) is 2. The van der Waals surface area contributed by atoms with Gasteiger partial charge in [0.05, 0.1) is 5.56 Å². The highest BCUT2D eigenvalue weighted by atomic mass is 19.1. The summed E-state index contributed by atoms with van der Waals surface area (Å²) in [7, 11) is 0. The zero-order valence-electron chi connectivity index (χ0n) is 10.7. The van der Waals surface area contributed by atoms with E-state index in [0.29, 0.717) is 18.3 Å². The molecule has 0 bridgehead atoms. The van der Waals surface area contributed by atoms with Gasteiger partial charge in [0, 0.05) is 18.3 Å². The van der Waals surface area contributed by atoms with E-state index in [-0.39, 0.29) is 11.5 Å². The summed E-state index contributed by atoms with van der Waals surface area (Å²) < 4.78 is 13.7. The van der Waals surface area contributed by atoms with Crippen molar-refractivity contribution in [2.45, 2.75) is 38.6 Å². The number of unbranched alkanes of at least 4 members (excludes halogenated alkanes) is 1. The Morgan fingerprint density at radius 3 is 2.78 bits per heavy atom. The molecule has 0 radical (unpaired) electrons. The monoisotopic (exact) mass is 250 g/mol. The number of nitrogen functional groups attached to an aromatic ring is 1. The molecular formula is C14H19FN2O. The van der Waals surface area contributed by atoms with Crippen LogP contribution < -0.4 is 5.73 Å². The molecule has 1 aromatic carbocycles. The highest BCUT2D eigenvalue weighted by Crippen LogP contribution is 2.29. The maximum atomic E-state index is 13.7. The number of amides is 1. The first-order valence-electron chi connectivity index (χ1n) is 6.49. The van der Waals surface area contributed by atoms with E-state index in [0.717, 1.165) is 25.7 Å². The number of hydrogen-bond donors (Lipinski definition) is 1. The van der Waals surface area contributed by atoms with Gasteiger partial charge in [-0.15, -0.1) is 0 Å². The summed E-state index contributed by atoms with van der Waals surface area (Å²) in [5.41, 5.74) is 5.97. The zero-order chi connectivity index (χ0) is 13.1. The highest BCUT2D eigenvalue weighted by molar-refractivity contribution is 5.95. The molecule has 4 heteroatoms. The number of benzene rings is 1. The van der Waals surface area contributed by atoms with Crippen LogP contribution in [0.2, 0.25) is 0 Å². The highest BCUT2D eigenvalue weighted by Gasteiger charge is 2.33. The third-order valence-corrected chi connectivity index (χ3v) is 3.22. The van der Waals surface area contributed by atoms with Crippen molar-refractivity contribution < 1.29 is 9.18 Å². The molecule has 0 aromatic heterocycles. The molecule has 2 N–H and O–H groups in total. The van der Waals surface area contributed by atoms with Gasteiger partial charge in [0.25, 0.3) is 5.91 Å². The second-order valence-corrected chi connectivity index (χ2v) is 4.82. The molecule has 0 atom stereocenters. The maximum absolute atomic E-state index is 13.7. The zero-order valence-corrected chi connectivity index (χ0v) is 10.7. The molecule has 1 fully saturated rings. The topological polar surface area (TPSA) is 46.3 Å². The molecule has 1 saturated carbocycles. The SMILES string of the molecule is CCCCN(C(=O)c1ccc(N)cc1F)C1CC1. The van der Waals surface area contributed by atoms with Gasteiger partial charge < -0.3 is 10.6 Å². The van der Waals surface area contributed by atoms with E-state index in [4.69, 9.17) is 5.73 Å². The molecule has 0 heterocycles. The van der Waals surface area contributed by atoms with Crippen LogP contribution >= 0.6 is 0 Å². The molecule has 0 spiro atoms. The van der Waals surface area contributed by atoms with Gasteiger partial charge in [-0.1, -0.05) is 13.3 Å². The molecule has 1 aliphatic carbocycles. The van der Waals surface area contributed by atoms with Crippen LogP contribution in [0.1, 0.15) is 43.0 Å². The number of nitrogens with two attached hydrogens (primary N) is 1. The largest absolute Gasteiger partial charge is 0.399 e. The van der Waals surface area contributed by atoms with Gasteiger partial charge in [0.1, 0.15) is 5.82 Å². The summed E-state index contributed by atoms with van der Waals surface area (Å²) >= 11 is 0. The number of carbonyl (C=O) groups excluding carboxylic acids is 1. The van der Waals surface area contributed by atoms with Crippen LogP contribution in [0.25, 0.3) is 0 Å². The van der Waals surface area contributed by atoms with Crippen molar-refractivity contribution >= 4 is 11.6 Å². The lowest BCUT2D eigenvalue weighted by Crippen LogP contribution is -2.34. The minimum Gasteiger partial charge on any atom is -0.399 e. The summed E-state index contributed by atoms with van der Waals surface area (Å²) in [4.78, 5) is 14.1. The molecular weight excluding hydrogens is 231 g/mol. The van der Waals surface area contributed by atoms with Gasteiger partial charge in [-0.2, -0.15) is 0 Å². The molecule has 3 nitrogen and oxygen atoms in total. The van der Waals surface area contributed by atoms with Gasteiger partial charge in [-0.3, -0.25) is 4.79 Å². The summed E-state index contributed by atoms with van der Waals surface area (Å²) in [6.45, 7) is 2.79. The first kappa shape index (κ1) is 12.9. The molecule has 0 saturated heterocycles. The third-order valence-electron chi connectivity index (χ3n) is 3.22. The van der Waals surface area contributed by atoms with Crippen molar-refractivity contribution in [1.29, 1.82) is 0 Å². The summed E-state index contributed by atoms with van der Waals surface area (Å²) in [6.07, 6.45) is 4.05. The molecule has 2 rings (SSSR count). The molecule has 18 heavy (non-hydrogen) atoms. The van der Waals surface area contributed by atoms with E-state index in [9.17, 15) is 9.18 Å². The molecule has 1 aromatic rings. The van der Waals surface area contributed by atoms with Crippen molar-refractivity contribution in [3.05, 3.63) is 29.6 Å². The van der Waals surface area contributed by atoms with Crippen LogP contribution in [-0.4, -0.2) is 23.4 Å². The Hall–Kier alpha value is -1.58. The fraction of sp³-hybridized carbons (Fsp3) is 0.500. The minimum atomic E-state index is -0.526. The Balaban J connectivity index is 2.16. The molecule has 98 valence electrons. The second kappa shape index (κ2) is 5.38. The Labute approximate surface area is 107 Å². The number of anilines is 1. The van der Waals surface area contributed by atoms with E-state index in [1.54, 1.807) is 11.0 Å². The third kappa shape index (κ3) is 2.81. The fourth-order valence-electron chi connectivity index (χ4n) is 2.02. The predicted octanol–water partition coefficient (Wildman–Crippen LogP) is 2.81. The van der Waals surface area contributed by atoms with Gasteiger partial charge in [-0.05, 0) is 37.5 Å². The van der Waals surface area contributed by atoms with Gasteiger partial charge in [-0.25, -0.2) is 4.39 Å². The van der Waals surface area contributed by atoms with Gasteiger partial charge >= 0.3 is 0 Å². The molecule has 1 amide bonds. The van der Waals surface area contributed by atoms with E-state index in [1.165, 1.54) is 12.1 Å². The lowest BCUT2D eigenvalue weighted by Gasteiger charge is -2.22. The fourth-order valence-corrected chi connectivity index (χ4v) is 2.02. The van der Waals surface area contributed by atoms with Crippen LogP contribution in [0.4, 0.5) is 10.1 Å². The van der Waals surface area contributed by atoms with Crippen LogP contribution in [-0.2, 0) is 0 Å². The summed E-state index contributed by atoms with van der Waals surface area (Å²) in [5, 5.41) is 0. The first-order valence-corrected chi connectivity index (χ1v) is 6.49. The van der Waals surface area contributed by atoms with Crippen molar-refractivity contribution in [3.8, 4) is 0 Å². The van der Waals surface area contributed by atoms with E-state index < -0.39 is 5.82 Å². The quantitative estimate of drug-likeness (QED) is 0.817. The van der Waals surface area contributed by atoms with Gasteiger partial charge in [0.2, 0.25) is 0 Å². The van der Waals surface area contributed by atoms with Crippen molar-refractivity contribution in [3.63, 3.8) is 0 Å². The minimum absolute atomic E-state index is 0.132. The average Bonchev–Trinajstić information content (AvgIpc) is 3.13. The van der Waals surface area contributed by atoms with E-state index in [1.807, 2.05) is 0 Å². The number of halogens is 1. The van der Waals surface area contributed by atoms with E-state index >= 15 is 0 Å². The maximum Gasteiger partial charge on any atom is 0.257 e. The van der Waals surface area contributed by atoms with Crippen LogP contribution in [0, 0.1) is 5.82 Å². The Kier molecular flexibility index (Phi) is 3.84. The van der Waals surface area contributed by atoms with Crippen molar-refractivity contribution in [2.75, 3.05) is 12.3 Å². The standard InChI is InChI=1S/C14H19FN2O/c1-2-3-8-17(11-5-6-11)14(18)12-7-4-10(16)9-13(12)15/h4,7,9,11H,2-3,5-6,8,16H2,1H3. The summed E-state index contributed by atoms with van der Waals surface area (Å²) in [6, 6.07) is 4.56. The smallest absolute Gasteiger partial charge is 0.257 e. The average molecular weight is 250 g/mol. The second-order valence-electron chi connectivity index (χ2n) is 4.82. The lowest BCUT2D eigenvalue weighted by atomic mass is 10.1. The van der Waals surface area contributed by atoms with Crippen molar-refractivity contribution in [2.24, 2.45) is 0 Å². The van der Waals surface area contributed by atoms with Crippen LogP contribution in [0.5, 0.6) is 0 Å². The number of nitrogens with zero attached hydrogens (tertiary/aromatic N) is 1.